The van der Waals surface area contributed by atoms with E-state index >= 15 is 0 Å². The smallest absolute Gasteiger partial charge is 0.145 e. The normalized spacial score (nSPS) is 15.6. The van der Waals surface area contributed by atoms with Crippen LogP contribution in [0.25, 0.3) is 0 Å². The molecular weight excluding hydrogens is 169 g/mol. The molecular formula is C10H18FNO. The minimum absolute atomic E-state index is 0.212. The molecule has 0 bridgehead atoms. The Morgan fingerprint density at radius 3 is 2.46 bits per heavy atom. The van der Waals surface area contributed by atoms with E-state index in [9.17, 15) is 4.39 Å². The Balaban J connectivity index is 0.000000671. The summed E-state index contributed by atoms with van der Waals surface area (Å²) >= 11 is 0. The highest BCUT2D eigenvalue weighted by molar-refractivity contribution is 5.29. The van der Waals surface area contributed by atoms with Crippen molar-refractivity contribution in [3.8, 4) is 0 Å². The molecule has 1 aliphatic carbocycles. The lowest BCUT2D eigenvalue weighted by atomic mass is 10.1. The zero-order valence-electron chi connectivity index (χ0n) is 8.78. The van der Waals surface area contributed by atoms with Crippen molar-refractivity contribution in [2.75, 3.05) is 14.2 Å². The van der Waals surface area contributed by atoms with Crippen LogP contribution in [0.15, 0.2) is 23.4 Å². The van der Waals surface area contributed by atoms with Crippen molar-refractivity contribution in [2.24, 2.45) is 0 Å². The summed E-state index contributed by atoms with van der Waals surface area (Å²) in [7, 11) is 3.25. The number of halogens is 1. The fourth-order valence-electron chi connectivity index (χ4n) is 1.15. The van der Waals surface area contributed by atoms with Gasteiger partial charge in [-0.2, -0.15) is 0 Å². The Morgan fingerprint density at radius 1 is 1.46 bits per heavy atom. The molecule has 0 fully saturated rings. The van der Waals surface area contributed by atoms with E-state index in [4.69, 9.17) is 4.74 Å². The van der Waals surface area contributed by atoms with Crippen LogP contribution in [0.2, 0.25) is 0 Å². The summed E-state index contributed by atoms with van der Waals surface area (Å²) < 4.78 is 17.9. The largest absolute Gasteiger partial charge is 0.499 e. The second-order valence-corrected chi connectivity index (χ2v) is 2.34. The van der Waals surface area contributed by atoms with Crippen molar-refractivity contribution in [1.82, 2.24) is 5.32 Å². The van der Waals surface area contributed by atoms with Gasteiger partial charge >= 0.3 is 0 Å². The summed E-state index contributed by atoms with van der Waals surface area (Å²) in [5.74, 6) is 0.489. The molecule has 0 aromatic rings. The Labute approximate surface area is 79.5 Å². The SMILES string of the molecule is CC.CNC1=C(OC)CCC=C1F. The van der Waals surface area contributed by atoms with Crippen LogP contribution < -0.4 is 5.32 Å². The van der Waals surface area contributed by atoms with Crippen molar-refractivity contribution in [3.63, 3.8) is 0 Å². The summed E-state index contributed by atoms with van der Waals surface area (Å²) in [5, 5.41) is 2.77. The van der Waals surface area contributed by atoms with E-state index in [0.717, 1.165) is 12.8 Å². The Bertz CT molecular complexity index is 209. The van der Waals surface area contributed by atoms with Crippen LogP contribution in [-0.2, 0) is 4.74 Å². The van der Waals surface area contributed by atoms with Gasteiger partial charge < -0.3 is 10.1 Å². The lowest BCUT2D eigenvalue weighted by molar-refractivity contribution is 0.266. The highest BCUT2D eigenvalue weighted by Crippen LogP contribution is 2.23. The first kappa shape index (κ1) is 12.0. The third-order valence-corrected chi connectivity index (χ3v) is 1.71. The highest BCUT2D eigenvalue weighted by atomic mass is 19.1. The molecule has 1 N–H and O–H groups in total. The maximum atomic E-state index is 12.9. The Hall–Kier alpha value is -0.990. The minimum atomic E-state index is -0.212. The van der Waals surface area contributed by atoms with E-state index in [1.165, 1.54) is 0 Å². The first-order valence-electron chi connectivity index (χ1n) is 4.60. The molecule has 0 spiro atoms. The molecule has 0 aromatic heterocycles. The molecule has 0 unspecified atom stereocenters. The van der Waals surface area contributed by atoms with Gasteiger partial charge in [-0.15, -0.1) is 0 Å². The number of hydrogen-bond acceptors (Lipinski definition) is 2. The predicted octanol–water partition coefficient (Wildman–Crippen LogP) is 2.74. The van der Waals surface area contributed by atoms with Crippen LogP contribution in [-0.4, -0.2) is 14.2 Å². The molecule has 0 saturated carbocycles. The number of rotatable bonds is 2. The summed E-state index contributed by atoms with van der Waals surface area (Å²) in [6, 6.07) is 0. The van der Waals surface area contributed by atoms with Crippen LogP contribution in [0, 0.1) is 0 Å². The second kappa shape index (κ2) is 6.52. The van der Waals surface area contributed by atoms with Gasteiger partial charge in [0, 0.05) is 13.5 Å². The van der Waals surface area contributed by atoms with Crippen molar-refractivity contribution < 1.29 is 9.13 Å². The molecule has 0 saturated heterocycles. The van der Waals surface area contributed by atoms with Gasteiger partial charge in [0.05, 0.1) is 7.11 Å². The first-order chi connectivity index (χ1) is 6.29. The van der Waals surface area contributed by atoms with Gasteiger partial charge in [0.25, 0.3) is 0 Å². The van der Waals surface area contributed by atoms with Crippen molar-refractivity contribution in [1.29, 1.82) is 0 Å². The van der Waals surface area contributed by atoms with E-state index < -0.39 is 0 Å². The summed E-state index contributed by atoms with van der Waals surface area (Å²) in [6.07, 6.45) is 3.06. The predicted molar refractivity (Wildman–Crippen MR) is 52.9 cm³/mol. The molecule has 13 heavy (non-hydrogen) atoms. The molecule has 0 amide bonds. The monoisotopic (exact) mass is 187 g/mol. The van der Waals surface area contributed by atoms with E-state index in [1.807, 2.05) is 13.8 Å². The highest BCUT2D eigenvalue weighted by Gasteiger charge is 2.14. The Morgan fingerprint density at radius 2 is 2.08 bits per heavy atom. The molecule has 1 aliphatic rings. The van der Waals surface area contributed by atoms with E-state index in [-0.39, 0.29) is 5.83 Å². The average Bonchev–Trinajstić information content (AvgIpc) is 2.20. The maximum absolute atomic E-state index is 12.9. The number of hydrogen-bond donors (Lipinski definition) is 1. The van der Waals surface area contributed by atoms with Crippen LogP contribution >= 0.6 is 0 Å². The van der Waals surface area contributed by atoms with Gasteiger partial charge in [-0.25, -0.2) is 4.39 Å². The third kappa shape index (κ3) is 3.09. The summed E-state index contributed by atoms with van der Waals surface area (Å²) in [5.41, 5.74) is 0.485. The van der Waals surface area contributed by atoms with Crippen LogP contribution in [0.4, 0.5) is 4.39 Å². The van der Waals surface area contributed by atoms with Gasteiger partial charge in [-0.05, 0) is 12.5 Å². The molecule has 0 radical (unpaired) electrons. The van der Waals surface area contributed by atoms with Crippen LogP contribution in [0.1, 0.15) is 26.7 Å². The topological polar surface area (TPSA) is 21.3 Å². The standard InChI is InChI=1S/C8H12FNO.C2H6/c1-10-8-6(9)4-3-5-7(8)11-2;1-2/h4,10H,3,5H2,1-2H3;1-2H3. The van der Waals surface area contributed by atoms with Gasteiger partial charge in [0.15, 0.2) is 0 Å². The van der Waals surface area contributed by atoms with Crippen molar-refractivity contribution in [2.45, 2.75) is 26.7 Å². The molecule has 0 aromatic carbocycles. The van der Waals surface area contributed by atoms with Crippen molar-refractivity contribution in [3.05, 3.63) is 23.4 Å². The Kier molecular flexibility index (Phi) is 6.02. The average molecular weight is 187 g/mol. The van der Waals surface area contributed by atoms with E-state index in [0.29, 0.717) is 11.5 Å². The molecule has 0 atom stereocenters. The fraction of sp³-hybridized carbons (Fsp3) is 0.600. The quantitative estimate of drug-likeness (QED) is 0.717. The van der Waals surface area contributed by atoms with Gasteiger partial charge in [-0.1, -0.05) is 13.8 Å². The molecule has 1 rings (SSSR count). The molecule has 0 aliphatic heterocycles. The second-order valence-electron chi connectivity index (χ2n) is 2.34. The zero-order valence-corrected chi connectivity index (χ0v) is 8.78. The van der Waals surface area contributed by atoms with Crippen molar-refractivity contribution >= 4 is 0 Å². The number of methoxy groups -OCH3 is 1. The van der Waals surface area contributed by atoms with Crippen LogP contribution in [0.3, 0.4) is 0 Å². The third-order valence-electron chi connectivity index (χ3n) is 1.71. The molecule has 76 valence electrons. The molecule has 0 heterocycles. The number of ether oxygens (including phenoxy) is 1. The number of nitrogens with one attached hydrogen (secondary N) is 1. The summed E-state index contributed by atoms with van der Waals surface area (Å²) in [6.45, 7) is 4.00. The first-order valence-corrected chi connectivity index (χ1v) is 4.60. The van der Waals surface area contributed by atoms with E-state index in [1.54, 1.807) is 20.2 Å². The van der Waals surface area contributed by atoms with E-state index in [2.05, 4.69) is 5.32 Å². The lowest BCUT2D eigenvalue weighted by Crippen LogP contribution is -2.13. The van der Waals surface area contributed by atoms with Gasteiger partial charge in [0.1, 0.15) is 17.3 Å². The lowest BCUT2D eigenvalue weighted by Gasteiger charge is -2.15. The molecule has 2 nitrogen and oxygen atoms in total. The van der Waals surface area contributed by atoms with Crippen LogP contribution in [0.5, 0.6) is 0 Å². The van der Waals surface area contributed by atoms with Gasteiger partial charge in [0.2, 0.25) is 0 Å². The minimum Gasteiger partial charge on any atom is -0.499 e. The van der Waals surface area contributed by atoms with Gasteiger partial charge in [-0.3, -0.25) is 0 Å². The number of allylic oxidation sites excluding steroid dienone is 3. The number of likely N-dealkylation sites (N-methyl/N-ethyl adjacent to an activating group) is 1. The maximum Gasteiger partial charge on any atom is 0.145 e. The molecule has 3 heteroatoms. The summed E-state index contributed by atoms with van der Waals surface area (Å²) in [4.78, 5) is 0. The zero-order chi connectivity index (χ0) is 10.3. The fourth-order valence-corrected chi connectivity index (χ4v) is 1.15.